The van der Waals surface area contributed by atoms with Gasteiger partial charge in [0.1, 0.15) is 11.5 Å². The monoisotopic (exact) mass is 224 g/mol. The maximum Gasteiger partial charge on any atom is 0.120 e. The highest BCUT2D eigenvalue weighted by molar-refractivity contribution is 5.41. The Balaban J connectivity index is 2.73. The lowest BCUT2D eigenvalue weighted by atomic mass is 10.1. The first-order valence-electron chi connectivity index (χ1n) is 5.60. The van der Waals surface area contributed by atoms with Crippen LogP contribution in [0, 0.1) is 0 Å². The molecule has 1 aromatic carbocycles. The number of ether oxygens (including phenoxy) is 1. The van der Waals surface area contributed by atoms with Crippen LogP contribution in [0.4, 0.5) is 0 Å². The van der Waals surface area contributed by atoms with E-state index in [4.69, 9.17) is 16.2 Å². The van der Waals surface area contributed by atoms with Gasteiger partial charge in [0, 0.05) is 18.2 Å². The number of benzene rings is 1. The third kappa shape index (κ3) is 3.40. The summed E-state index contributed by atoms with van der Waals surface area (Å²) in [6.45, 7) is 3.08. The van der Waals surface area contributed by atoms with Crippen molar-refractivity contribution in [3.63, 3.8) is 0 Å². The molecule has 0 fully saturated rings. The summed E-state index contributed by atoms with van der Waals surface area (Å²) in [6, 6.07) is 4.72. The average molecular weight is 224 g/mol. The van der Waals surface area contributed by atoms with Crippen LogP contribution in [0.1, 0.15) is 31.4 Å². The molecule has 0 saturated heterocycles. The fraction of sp³-hybridized carbons (Fsp3) is 0.500. The summed E-state index contributed by atoms with van der Waals surface area (Å²) < 4.78 is 5.53. The van der Waals surface area contributed by atoms with Crippen molar-refractivity contribution >= 4 is 0 Å². The molecule has 0 unspecified atom stereocenters. The number of phenols is 1. The smallest absolute Gasteiger partial charge is 0.120 e. The fourth-order valence-electron chi connectivity index (χ4n) is 1.38. The van der Waals surface area contributed by atoms with Crippen LogP contribution in [0.25, 0.3) is 0 Å². The zero-order valence-corrected chi connectivity index (χ0v) is 9.65. The minimum atomic E-state index is -0.352. The van der Waals surface area contributed by atoms with Crippen LogP contribution >= 0.6 is 0 Å². The zero-order chi connectivity index (χ0) is 12.0. The third-order valence-electron chi connectivity index (χ3n) is 2.42. The van der Waals surface area contributed by atoms with E-state index in [0.29, 0.717) is 18.7 Å². The van der Waals surface area contributed by atoms with Gasteiger partial charge in [-0.25, -0.2) is 0 Å². The van der Waals surface area contributed by atoms with Gasteiger partial charge in [-0.2, -0.15) is 0 Å². The molecule has 1 aromatic rings. The Morgan fingerprint density at radius 3 is 2.81 bits per heavy atom. The van der Waals surface area contributed by atoms with Gasteiger partial charge in [0.25, 0.3) is 0 Å². The van der Waals surface area contributed by atoms with Crippen LogP contribution in [0.3, 0.4) is 0 Å². The second-order valence-electron chi connectivity index (χ2n) is 3.76. The van der Waals surface area contributed by atoms with Crippen molar-refractivity contribution in [2.24, 2.45) is 11.5 Å². The van der Waals surface area contributed by atoms with Gasteiger partial charge in [-0.05, 0) is 24.6 Å². The molecule has 0 radical (unpaired) electrons. The fourth-order valence-corrected chi connectivity index (χ4v) is 1.38. The summed E-state index contributed by atoms with van der Waals surface area (Å²) >= 11 is 0. The van der Waals surface area contributed by atoms with E-state index in [1.807, 2.05) is 0 Å². The zero-order valence-electron chi connectivity index (χ0n) is 9.65. The Morgan fingerprint density at radius 2 is 2.19 bits per heavy atom. The van der Waals surface area contributed by atoms with Gasteiger partial charge in [0.15, 0.2) is 0 Å². The van der Waals surface area contributed by atoms with Gasteiger partial charge in [0.2, 0.25) is 0 Å². The molecule has 1 rings (SSSR count). The molecule has 4 nitrogen and oxygen atoms in total. The molecule has 16 heavy (non-hydrogen) atoms. The van der Waals surface area contributed by atoms with Crippen LogP contribution in [0.5, 0.6) is 11.5 Å². The van der Waals surface area contributed by atoms with Gasteiger partial charge in [0.05, 0.1) is 6.61 Å². The quantitative estimate of drug-likeness (QED) is 0.640. The normalized spacial score (nSPS) is 12.4. The first-order chi connectivity index (χ1) is 7.69. The van der Waals surface area contributed by atoms with Crippen LogP contribution in [0.15, 0.2) is 18.2 Å². The Hall–Kier alpha value is -1.26. The average Bonchev–Trinajstić information content (AvgIpc) is 2.30. The number of hydrogen-bond acceptors (Lipinski definition) is 4. The molecule has 5 N–H and O–H groups in total. The Kier molecular flexibility index (Phi) is 5.08. The first kappa shape index (κ1) is 12.8. The lowest BCUT2D eigenvalue weighted by Gasteiger charge is -2.13. The summed E-state index contributed by atoms with van der Waals surface area (Å²) in [6.07, 6.45) is 2.10. The number of unbranched alkanes of at least 4 members (excludes halogenated alkanes) is 1. The van der Waals surface area contributed by atoms with Gasteiger partial charge >= 0.3 is 0 Å². The van der Waals surface area contributed by atoms with Gasteiger partial charge in [-0.3, -0.25) is 0 Å². The maximum atomic E-state index is 9.62. The maximum absolute atomic E-state index is 9.62. The van der Waals surface area contributed by atoms with E-state index >= 15 is 0 Å². The highest BCUT2D eigenvalue weighted by Crippen LogP contribution is 2.27. The summed E-state index contributed by atoms with van der Waals surface area (Å²) in [4.78, 5) is 0. The summed E-state index contributed by atoms with van der Waals surface area (Å²) in [5.41, 5.74) is 11.9. The van der Waals surface area contributed by atoms with Gasteiger partial charge in [-0.15, -0.1) is 0 Å². The molecule has 0 bridgehead atoms. The number of aromatic hydroxyl groups is 1. The molecule has 0 spiro atoms. The third-order valence-corrected chi connectivity index (χ3v) is 2.42. The number of rotatable bonds is 6. The molecular formula is C12H20N2O2. The number of phenolic OH excluding ortho intramolecular Hbond substituents is 1. The second-order valence-corrected chi connectivity index (χ2v) is 3.76. The van der Waals surface area contributed by atoms with Crippen LogP contribution < -0.4 is 16.2 Å². The SMILES string of the molecule is CCCCOc1ccc(O)c([C@H](N)CN)c1. The van der Waals surface area contributed by atoms with Crippen molar-refractivity contribution in [3.8, 4) is 11.5 Å². The van der Waals surface area contributed by atoms with Crippen molar-refractivity contribution in [1.82, 2.24) is 0 Å². The van der Waals surface area contributed by atoms with E-state index in [0.717, 1.165) is 18.6 Å². The molecular weight excluding hydrogens is 204 g/mol. The van der Waals surface area contributed by atoms with E-state index in [9.17, 15) is 5.11 Å². The Labute approximate surface area is 96.2 Å². The van der Waals surface area contributed by atoms with E-state index in [-0.39, 0.29) is 11.8 Å². The van der Waals surface area contributed by atoms with Gasteiger partial charge < -0.3 is 21.3 Å². The van der Waals surface area contributed by atoms with E-state index in [2.05, 4.69) is 6.92 Å². The second kappa shape index (κ2) is 6.35. The van der Waals surface area contributed by atoms with Crippen LogP contribution in [0.2, 0.25) is 0 Å². The summed E-state index contributed by atoms with van der Waals surface area (Å²) in [5.74, 6) is 0.894. The Bertz CT molecular complexity index is 329. The molecule has 4 heteroatoms. The molecule has 0 aliphatic rings. The molecule has 0 aliphatic heterocycles. The highest BCUT2D eigenvalue weighted by atomic mass is 16.5. The standard InChI is InChI=1S/C12H20N2O2/c1-2-3-6-16-9-4-5-12(15)10(7-9)11(14)8-13/h4-5,7,11,15H,2-3,6,8,13-14H2,1H3/t11-/m1/s1. The van der Waals surface area contributed by atoms with Crippen molar-refractivity contribution in [3.05, 3.63) is 23.8 Å². The van der Waals surface area contributed by atoms with Crippen molar-refractivity contribution in [1.29, 1.82) is 0 Å². The highest BCUT2D eigenvalue weighted by Gasteiger charge is 2.10. The van der Waals surface area contributed by atoms with Crippen molar-refractivity contribution in [2.45, 2.75) is 25.8 Å². The predicted molar refractivity (Wildman–Crippen MR) is 64.5 cm³/mol. The molecule has 90 valence electrons. The topological polar surface area (TPSA) is 81.5 Å². The molecule has 0 aromatic heterocycles. The molecule has 0 saturated carbocycles. The van der Waals surface area contributed by atoms with Crippen molar-refractivity contribution < 1.29 is 9.84 Å². The van der Waals surface area contributed by atoms with Crippen LogP contribution in [-0.2, 0) is 0 Å². The van der Waals surface area contributed by atoms with Crippen LogP contribution in [-0.4, -0.2) is 18.3 Å². The summed E-state index contributed by atoms with van der Waals surface area (Å²) in [7, 11) is 0. The number of nitrogens with two attached hydrogens (primary N) is 2. The van der Waals surface area contributed by atoms with E-state index < -0.39 is 0 Å². The molecule has 1 atom stereocenters. The number of hydrogen-bond donors (Lipinski definition) is 3. The lowest BCUT2D eigenvalue weighted by molar-refractivity contribution is 0.308. The molecule has 0 aliphatic carbocycles. The molecule has 0 amide bonds. The molecule has 0 heterocycles. The Morgan fingerprint density at radius 1 is 1.44 bits per heavy atom. The lowest BCUT2D eigenvalue weighted by Crippen LogP contribution is -2.20. The van der Waals surface area contributed by atoms with Crippen molar-refractivity contribution in [2.75, 3.05) is 13.2 Å². The summed E-state index contributed by atoms with van der Waals surface area (Å²) in [5, 5.41) is 9.62. The van der Waals surface area contributed by atoms with E-state index in [1.165, 1.54) is 0 Å². The first-order valence-corrected chi connectivity index (χ1v) is 5.60. The predicted octanol–water partition coefficient (Wildman–Crippen LogP) is 1.53. The minimum Gasteiger partial charge on any atom is -0.508 e. The minimum absolute atomic E-state index is 0.167. The van der Waals surface area contributed by atoms with Gasteiger partial charge in [-0.1, -0.05) is 13.3 Å². The largest absolute Gasteiger partial charge is 0.508 e. The van der Waals surface area contributed by atoms with E-state index in [1.54, 1.807) is 18.2 Å².